The van der Waals surface area contributed by atoms with Gasteiger partial charge in [-0.05, 0) is 32.6 Å². The predicted octanol–water partition coefficient (Wildman–Crippen LogP) is 12.1. The molecular formula is C35H69N2+. The molecule has 1 heterocycles. The predicted molar refractivity (Wildman–Crippen MR) is 166 cm³/mol. The van der Waals surface area contributed by atoms with Gasteiger partial charge in [0.25, 0.3) is 5.82 Å². The van der Waals surface area contributed by atoms with Crippen molar-refractivity contribution in [3.63, 3.8) is 0 Å². The Morgan fingerprint density at radius 3 is 1.27 bits per heavy atom. The average Bonchev–Trinajstić information content (AvgIpc) is 3.40. The second-order valence-electron chi connectivity index (χ2n) is 12.2. The summed E-state index contributed by atoms with van der Waals surface area (Å²) in [5.74, 6) is 2.24. The van der Waals surface area contributed by atoms with E-state index < -0.39 is 0 Å². The van der Waals surface area contributed by atoms with Crippen LogP contribution in [0, 0.1) is 0 Å². The number of aromatic amines is 1. The van der Waals surface area contributed by atoms with Gasteiger partial charge in [0.05, 0.1) is 12.0 Å². The number of rotatable bonds is 28. The lowest BCUT2D eigenvalue weighted by molar-refractivity contribution is -0.727. The highest BCUT2D eigenvalue weighted by molar-refractivity contribution is 4.90. The second kappa shape index (κ2) is 25.5. The number of hydrogen-bond acceptors (Lipinski definition) is 0. The van der Waals surface area contributed by atoms with Crippen LogP contribution in [0.4, 0.5) is 0 Å². The van der Waals surface area contributed by atoms with Crippen LogP contribution >= 0.6 is 0 Å². The highest BCUT2D eigenvalue weighted by Crippen LogP contribution is 2.27. The molecule has 1 aromatic rings. The molecule has 0 aliphatic heterocycles. The molecule has 1 aromatic heterocycles. The van der Waals surface area contributed by atoms with Crippen LogP contribution in [0.1, 0.15) is 212 Å². The normalized spacial score (nSPS) is 13.3. The van der Waals surface area contributed by atoms with Crippen LogP contribution in [0.25, 0.3) is 0 Å². The molecule has 0 saturated carbocycles. The van der Waals surface area contributed by atoms with Crippen molar-refractivity contribution in [2.24, 2.45) is 0 Å². The Bertz CT molecular complexity index is 578. The van der Waals surface area contributed by atoms with Gasteiger partial charge in [-0.15, -0.1) is 0 Å². The first kappa shape index (κ1) is 34.2. The molecular weight excluding hydrogens is 448 g/mol. The summed E-state index contributed by atoms with van der Waals surface area (Å²) in [5, 5.41) is 0. The zero-order chi connectivity index (χ0) is 26.8. The largest absolute Gasteiger partial charge is 0.257 e. The first-order chi connectivity index (χ1) is 18.2. The minimum absolute atomic E-state index is 0.622. The molecule has 2 heteroatoms. The number of nitrogens with zero attached hydrogens (tertiary/aromatic N) is 1. The molecule has 0 radical (unpaired) electrons. The summed E-state index contributed by atoms with van der Waals surface area (Å²) in [4.78, 5) is 3.72. The second-order valence-corrected chi connectivity index (χ2v) is 12.2. The minimum atomic E-state index is 0.622. The number of unbranched alkanes of at least 4 members (excludes halogenated alkanes) is 20. The van der Waals surface area contributed by atoms with Crippen LogP contribution < -0.4 is 4.57 Å². The van der Waals surface area contributed by atoms with Gasteiger partial charge in [-0.3, -0.25) is 0 Å². The van der Waals surface area contributed by atoms with Crippen molar-refractivity contribution >= 4 is 0 Å². The fraction of sp³-hybridized carbons (Fsp3) is 0.914. The van der Waals surface area contributed by atoms with Gasteiger partial charge in [-0.25, -0.2) is 9.55 Å². The smallest absolute Gasteiger partial charge is 0.247 e. The maximum Gasteiger partial charge on any atom is 0.257 e. The van der Waals surface area contributed by atoms with E-state index in [0.29, 0.717) is 12.0 Å². The summed E-state index contributed by atoms with van der Waals surface area (Å²) in [6.45, 7) is 9.39. The van der Waals surface area contributed by atoms with Crippen LogP contribution in [-0.4, -0.2) is 4.98 Å². The molecule has 218 valence electrons. The third kappa shape index (κ3) is 18.2. The van der Waals surface area contributed by atoms with Crippen molar-refractivity contribution < 1.29 is 4.57 Å². The highest BCUT2D eigenvalue weighted by Gasteiger charge is 2.25. The molecule has 0 amide bonds. The SMILES string of the molecule is CCCCCCCCCCCC(CCCCCCCCC)c1[nH]cc[n+]1C(C)CCCCCCCCC. The summed E-state index contributed by atoms with van der Waals surface area (Å²) in [6.07, 6.45) is 41.2. The maximum atomic E-state index is 3.72. The monoisotopic (exact) mass is 518 g/mol. The molecule has 37 heavy (non-hydrogen) atoms. The summed E-state index contributed by atoms with van der Waals surface area (Å²) in [5.41, 5.74) is 0. The van der Waals surface area contributed by atoms with E-state index in [1.165, 1.54) is 173 Å². The van der Waals surface area contributed by atoms with E-state index in [2.05, 4.69) is 49.6 Å². The topological polar surface area (TPSA) is 19.7 Å². The molecule has 1 rings (SSSR count). The molecule has 0 saturated heterocycles. The molecule has 2 unspecified atom stereocenters. The Hall–Kier alpha value is -0.790. The van der Waals surface area contributed by atoms with E-state index in [1.807, 2.05) is 0 Å². The number of aromatic nitrogens is 2. The van der Waals surface area contributed by atoms with Gasteiger partial charge < -0.3 is 0 Å². The average molecular weight is 518 g/mol. The van der Waals surface area contributed by atoms with E-state index in [4.69, 9.17) is 0 Å². The van der Waals surface area contributed by atoms with Gasteiger partial charge in [0.15, 0.2) is 0 Å². The van der Waals surface area contributed by atoms with Crippen molar-refractivity contribution in [1.82, 2.24) is 4.98 Å². The highest BCUT2D eigenvalue weighted by atomic mass is 15.1. The van der Waals surface area contributed by atoms with Crippen LogP contribution in [0.5, 0.6) is 0 Å². The van der Waals surface area contributed by atoms with Crippen molar-refractivity contribution in [3.8, 4) is 0 Å². The lowest BCUT2D eigenvalue weighted by Gasteiger charge is -2.17. The molecule has 1 N–H and O–H groups in total. The zero-order valence-corrected chi connectivity index (χ0v) is 26.1. The fourth-order valence-corrected chi connectivity index (χ4v) is 6.07. The van der Waals surface area contributed by atoms with Gasteiger partial charge in [0.2, 0.25) is 0 Å². The van der Waals surface area contributed by atoms with Crippen LogP contribution in [-0.2, 0) is 0 Å². The summed E-state index contributed by atoms with van der Waals surface area (Å²) >= 11 is 0. The molecule has 0 aliphatic carbocycles. The van der Waals surface area contributed by atoms with Gasteiger partial charge in [-0.2, -0.15) is 0 Å². The first-order valence-corrected chi connectivity index (χ1v) is 17.3. The van der Waals surface area contributed by atoms with E-state index in [-0.39, 0.29) is 0 Å². The standard InChI is InChI=1S/C35H68N2/c1-5-8-11-14-17-18-21-24-27-30-34(29-26-23-20-16-13-10-7-3)35-36-31-32-37(35)33(4)28-25-22-19-15-12-9-6-2/h31-34H,5-30H2,1-4H3/p+1. The van der Waals surface area contributed by atoms with E-state index in [1.54, 1.807) is 0 Å². The van der Waals surface area contributed by atoms with E-state index >= 15 is 0 Å². The summed E-state index contributed by atoms with van der Waals surface area (Å²) < 4.78 is 2.62. The van der Waals surface area contributed by atoms with Crippen molar-refractivity contribution in [3.05, 3.63) is 18.2 Å². The Labute approximate surface area is 234 Å². The van der Waals surface area contributed by atoms with Gasteiger partial charge in [0, 0.05) is 0 Å². The fourth-order valence-electron chi connectivity index (χ4n) is 6.07. The third-order valence-electron chi connectivity index (χ3n) is 8.64. The Balaban J connectivity index is 2.48. The molecule has 0 spiro atoms. The Morgan fingerprint density at radius 2 is 0.865 bits per heavy atom. The lowest BCUT2D eigenvalue weighted by Crippen LogP contribution is -2.41. The molecule has 2 atom stereocenters. The zero-order valence-electron chi connectivity index (χ0n) is 26.1. The van der Waals surface area contributed by atoms with Crippen LogP contribution in [0.15, 0.2) is 12.4 Å². The van der Waals surface area contributed by atoms with Crippen molar-refractivity contribution in [2.75, 3.05) is 0 Å². The molecule has 0 aliphatic rings. The van der Waals surface area contributed by atoms with Gasteiger partial charge in [-0.1, -0.05) is 162 Å². The van der Waals surface area contributed by atoms with Gasteiger partial charge in [0.1, 0.15) is 12.4 Å². The molecule has 2 nitrogen and oxygen atoms in total. The Morgan fingerprint density at radius 1 is 0.514 bits per heavy atom. The van der Waals surface area contributed by atoms with E-state index in [9.17, 15) is 0 Å². The minimum Gasteiger partial charge on any atom is -0.247 e. The quantitative estimate of drug-likeness (QED) is 0.0842. The Kier molecular flexibility index (Phi) is 23.6. The van der Waals surface area contributed by atoms with Crippen LogP contribution in [0.2, 0.25) is 0 Å². The number of hydrogen-bond donors (Lipinski definition) is 1. The summed E-state index contributed by atoms with van der Waals surface area (Å²) in [6, 6.07) is 0.622. The third-order valence-corrected chi connectivity index (χ3v) is 8.64. The van der Waals surface area contributed by atoms with E-state index in [0.717, 1.165) is 0 Å². The first-order valence-electron chi connectivity index (χ1n) is 17.3. The van der Waals surface area contributed by atoms with Crippen LogP contribution in [0.3, 0.4) is 0 Å². The lowest BCUT2D eigenvalue weighted by atomic mass is 9.92. The molecule has 0 bridgehead atoms. The number of H-pyrrole nitrogens is 1. The molecule has 0 aromatic carbocycles. The number of imidazole rings is 1. The van der Waals surface area contributed by atoms with Crippen molar-refractivity contribution in [2.45, 2.75) is 207 Å². The number of nitrogens with one attached hydrogen (secondary N) is 1. The maximum absolute atomic E-state index is 3.72. The van der Waals surface area contributed by atoms with Gasteiger partial charge >= 0.3 is 0 Å². The molecule has 0 fully saturated rings. The van der Waals surface area contributed by atoms with Crippen molar-refractivity contribution in [1.29, 1.82) is 0 Å². The summed E-state index contributed by atoms with van der Waals surface area (Å²) in [7, 11) is 0.